The number of benzene rings is 2. The number of imide groups is 1. The van der Waals surface area contributed by atoms with E-state index in [0.29, 0.717) is 27.4 Å². The van der Waals surface area contributed by atoms with Gasteiger partial charge < -0.3 is 10.1 Å². The lowest BCUT2D eigenvalue weighted by molar-refractivity contribution is -0.155. The van der Waals surface area contributed by atoms with E-state index in [-0.39, 0.29) is 6.42 Å². The summed E-state index contributed by atoms with van der Waals surface area (Å²) < 4.78 is 5.11. The fraction of sp³-hybridized carbons (Fsp3) is 0.238. The van der Waals surface area contributed by atoms with Gasteiger partial charge in [-0.2, -0.15) is 0 Å². The number of carbonyl (C=O) groups excluding carboxylic acids is 4. The molecule has 7 nitrogen and oxygen atoms in total. The number of esters is 1. The maximum atomic E-state index is 12.5. The minimum Gasteiger partial charge on any atom is -0.451 e. The van der Waals surface area contributed by atoms with Crippen molar-refractivity contribution in [1.82, 2.24) is 4.90 Å². The maximum absolute atomic E-state index is 12.5. The first-order valence-corrected chi connectivity index (χ1v) is 9.33. The summed E-state index contributed by atoms with van der Waals surface area (Å²) in [5.41, 5.74) is 2.19. The molecule has 1 heterocycles. The van der Waals surface area contributed by atoms with Gasteiger partial charge in [-0.3, -0.25) is 24.1 Å². The number of hydrogen-bond donors (Lipinski definition) is 1. The Morgan fingerprint density at radius 2 is 1.90 bits per heavy atom. The van der Waals surface area contributed by atoms with Crippen molar-refractivity contribution in [2.45, 2.75) is 26.4 Å². The SMILES string of the molecule is Cc1c(Cl)cccc1NC(=O)[C@@H](C)OC(=O)CN1C(=O)Cc2ccccc2C1=O. The molecule has 8 heteroatoms. The summed E-state index contributed by atoms with van der Waals surface area (Å²) in [5.74, 6) is -2.44. The molecule has 1 N–H and O–H groups in total. The zero-order valence-electron chi connectivity index (χ0n) is 15.9. The fourth-order valence-corrected chi connectivity index (χ4v) is 3.13. The van der Waals surface area contributed by atoms with Crippen LogP contribution in [0.5, 0.6) is 0 Å². The molecule has 0 saturated heterocycles. The van der Waals surface area contributed by atoms with Crippen molar-refractivity contribution in [2.24, 2.45) is 0 Å². The molecule has 29 heavy (non-hydrogen) atoms. The molecule has 1 aliphatic heterocycles. The number of anilines is 1. The summed E-state index contributed by atoms with van der Waals surface area (Å²) in [5, 5.41) is 3.14. The van der Waals surface area contributed by atoms with Gasteiger partial charge in [-0.1, -0.05) is 35.9 Å². The second-order valence-corrected chi connectivity index (χ2v) is 7.06. The van der Waals surface area contributed by atoms with Crippen molar-refractivity contribution in [2.75, 3.05) is 11.9 Å². The third-order valence-corrected chi connectivity index (χ3v) is 5.04. The van der Waals surface area contributed by atoms with E-state index >= 15 is 0 Å². The number of carbonyl (C=O) groups is 4. The molecule has 0 fully saturated rings. The molecule has 2 aromatic carbocycles. The molecule has 0 spiro atoms. The first-order valence-electron chi connectivity index (χ1n) is 8.96. The average molecular weight is 415 g/mol. The van der Waals surface area contributed by atoms with Crippen LogP contribution in [0, 0.1) is 6.92 Å². The van der Waals surface area contributed by atoms with E-state index in [1.807, 2.05) is 0 Å². The molecule has 0 aromatic heterocycles. The second kappa shape index (κ2) is 8.45. The summed E-state index contributed by atoms with van der Waals surface area (Å²) in [4.78, 5) is 50.1. The van der Waals surface area contributed by atoms with E-state index < -0.39 is 36.3 Å². The van der Waals surface area contributed by atoms with E-state index in [0.717, 1.165) is 4.90 Å². The van der Waals surface area contributed by atoms with E-state index in [1.165, 1.54) is 6.92 Å². The van der Waals surface area contributed by atoms with Gasteiger partial charge in [0.15, 0.2) is 6.10 Å². The smallest absolute Gasteiger partial charge is 0.326 e. The van der Waals surface area contributed by atoms with Gasteiger partial charge in [0, 0.05) is 16.3 Å². The van der Waals surface area contributed by atoms with Crippen molar-refractivity contribution >= 4 is 41.0 Å². The van der Waals surface area contributed by atoms with Crippen LogP contribution in [0.2, 0.25) is 5.02 Å². The average Bonchev–Trinajstić information content (AvgIpc) is 2.68. The van der Waals surface area contributed by atoms with Gasteiger partial charge in [-0.25, -0.2) is 0 Å². The topological polar surface area (TPSA) is 92.8 Å². The highest BCUT2D eigenvalue weighted by Crippen LogP contribution is 2.23. The standard InChI is InChI=1S/C21H19ClN2O5/c1-12-16(22)8-5-9-17(12)23-20(27)13(2)29-19(26)11-24-18(25)10-14-6-3-4-7-15(14)21(24)28/h3-9,13H,10-11H2,1-2H3,(H,23,27)/t13-/m1/s1. The van der Waals surface area contributed by atoms with Gasteiger partial charge in [-0.05, 0) is 43.2 Å². The minimum absolute atomic E-state index is 0.0271. The molecule has 0 aliphatic carbocycles. The number of ether oxygens (including phenoxy) is 1. The van der Waals surface area contributed by atoms with Gasteiger partial charge in [0.1, 0.15) is 6.54 Å². The highest BCUT2D eigenvalue weighted by atomic mass is 35.5. The molecule has 1 atom stereocenters. The number of nitrogens with one attached hydrogen (secondary N) is 1. The van der Waals surface area contributed by atoms with E-state index in [4.69, 9.17) is 16.3 Å². The molecule has 150 valence electrons. The fourth-order valence-electron chi connectivity index (χ4n) is 2.95. The molecule has 3 rings (SSSR count). The maximum Gasteiger partial charge on any atom is 0.326 e. The molecule has 0 bridgehead atoms. The number of rotatable bonds is 5. The van der Waals surface area contributed by atoms with Crippen LogP contribution in [0.1, 0.15) is 28.4 Å². The Morgan fingerprint density at radius 3 is 2.66 bits per heavy atom. The van der Waals surface area contributed by atoms with E-state index in [2.05, 4.69) is 5.32 Å². The second-order valence-electron chi connectivity index (χ2n) is 6.65. The van der Waals surface area contributed by atoms with Gasteiger partial charge in [0.05, 0.1) is 6.42 Å². The lowest BCUT2D eigenvalue weighted by Gasteiger charge is -2.26. The monoisotopic (exact) mass is 414 g/mol. The van der Waals surface area contributed by atoms with Crippen LogP contribution < -0.4 is 5.32 Å². The lowest BCUT2D eigenvalue weighted by Crippen LogP contribution is -2.46. The number of halogens is 1. The first kappa shape index (κ1) is 20.5. The van der Waals surface area contributed by atoms with Gasteiger partial charge in [-0.15, -0.1) is 0 Å². The van der Waals surface area contributed by atoms with Crippen LogP contribution in [0.25, 0.3) is 0 Å². The van der Waals surface area contributed by atoms with Crippen LogP contribution in [-0.4, -0.2) is 41.2 Å². The Kier molecular flexibility index (Phi) is 5.98. The van der Waals surface area contributed by atoms with Crippen LogP contribution in [-0.2, 0) is 25.5 Å². The van der Waals surface area contributed by atoms with Crippen LogP contribution in [0.4, 0.5) is 5.69 Å². The van der Waals surface area contributed by atoms with Crippen molar-refractivity contribution in [1.29, 1.82) is 0 Å². The number of amides is 3. The van der Waals surface area contributed by atoms with Crippen LogP contribution in [0.3, 0.4) is 0 Å². The lowest BCUT2D eigenvalue weighted by atomic mass is 9.98. The molecule has 1 aliphatic rings. The molecule has 0 unspecified atom stereocenters. The predicted octanol–water partition coefficient (Wildman–Crippen LogP) is 2.74. The summed E-state index contributed by atoms with van der Waals surface area (Å²) in [6.45, 7) is 2.60. The van der Waals surface area contributed by atoms with Crippen LogP contribution >= 0.6 is 11.6 Å². The Hall–Kier alpha value is -3.19. The normalized spacial score (nSPS) is 14.2. The number of nitrogens with zero attached hydrogens (tertiary/aromatic N) is 1. The molecular formula is C21H19ClN2O5. The van der Waals surface area contributed by atoms with Crippen molar-refractivity contribution in [3.05, 3.63) is 64.2 Å². The quantitative estimate of drug-likeness (QED) is 0.599. The van der Waals surface area contributed by atoms with E-state index in [1.54, 1.807) is 49.4 Å². The third kappa shape index (κ3) is 4.46. The Balaban J connectivity index is 1.61. The number of hydrogen-bond acceptors (Lipinski definition) is 5. The zero-order valence-corrected chi connectivity index (χ0v) is 16.7. The molecule has 2 aromatic rings. The third-order valence-electron chi connectivity index (χ3n) is 4.63. The summed E-state index contributed by atoms with van der Waals surface area (Å²) in [6.07, 6.45) is -1.10. The Labute approximate surface area is 172 Å². The molecule has 3 amide bonds. The van der Waals surface area contributed by atoms with Crippen molar-refractivity contribution in [3.63, 3.8) is 0 Å². The van der Waals surface area contributed by atoms with Crippen LogP contribution in [0.15, 0.2) is 42.5 Å². The Morgan fingerprint density at radius 1 is 1.17 bits per heavy atom. The zero-order chi connectivity index (χ0) is 21.1. The Bertz CT molecular complexity index is 1000. The van der Waals surface area contributed by atoms with E-state index in [9.17, 15) is 19.2 Å². The van der Waals surface area contributed by atoms with Gasteiger partial charge >= 0.3 is 5.97 Å². The van der Waals surface area contributed by atoms with Crippen molar-refractivity contribution in [3.8, 4) is 0 Å². The molecule has 0 radical (unpaired) electrons. The molecule has 0 saturated carbocycles. The highest BCUT2D eigenvalue weighted by molar-refractivity contribution is 6.31. The molecular weight excluding hydrogens is 396 g/mol. The summed E-state index contributed by atoms with van der Waals surface area (Å²) in [6, 6.07) is 11.8. The van der Waals surface area contributed by atoms with Gasteiger partial charge in [0.25, 0.3) is 11.8 Å². The number of fused-ring (bicyclic) bond motifs is 1. The largest absolute Gasteiger partial charge is 0.451 e. The van der Waals surface area contributed by atoms with Gasteiger partial charge in [0.2, 0.25) is 5.91 Å². The minimum atomic E-state index is -1.12. The summed E-state index contributed by atoms with van der Waals surface area (Å²) in [7, 11) is 0. The highest BCUT2D eigenvalue weighted by Gasteiger charge is 2.33. The summed E-state index contributed by atoms with van der Waals surface area (Å²) >= 11 is 6.03. The predicted molar refractivity (Wildman–Crippen MR) is 107 cm³/mol. The first-order chi connectivity index (χ1) is 13.8. The van der Waals surface area contributed by atoms with Crippen molar-refractivity contribution < 1.29 is 23.9 Å².